The number of likely N-dealkylation sites (tertiary alicyclic amines) is 1. The fourth-order valence-corrected chi connectivity index (χ4v) is 6.73. The van der Waals surface area contributed by atoms with Crippen LogP contribution in [-0.4, -0.2) is 42.8 Å². The second-order valence-corrected chi connectivity index (χ2v) is 13.8. The molecule has 3 atom stereocenters. The van der Waals surface area contributed by atoms with Crippen LogP contribution in [0, 0.1) is 34.0 Å². The van der Waals surface area contributed by atoms with Gasteiger partial charge in [-0.25, -0.2) is 0 Å². The third-order valence-corrected chi connectivity index (χ3v) is 9.35. The lowest BCUT2D eigenvalue weighted by Crippen LogP contribution is -2.53. The standard InChI is InChI=1S/C27H49F3N2/c1-24(2,3)19-11-14-32(15-12-19)23(27(28,29)30)18-26(6,7)21-10-13-31-22(16-21)17-25(4,5)20-8-9-20/h19-23,31H,8-18H2,1-7H3. The maximum Gasteiger partial charge on any atom is 0.404 e. The van der Waals surface area contributed by atoms with Gasteiger partial charge in [0.25, 0.3) is 0 Å². The summed E-state index contributed by atoms with van der Waals surface area (Å²) in [6.45, 7) is 17.7. The van der Waals surface area contributed by atoms with E-state index in [-0.39, 0.29) is 17.3 Å². The molecule has 0 spiro atoms. The minimum absolute atomic E-state index is 0.178. The number of piperidine rings is 2. The molecule has 2 saturated heterocycles. The molecule has 1 N–H and O–H groups in total. The first-order valence-electron chi connectivity index (χ1n) is 13.1. The molecule has 1 saturated carbocycles. The van der Waals surface area contributed by atoms with E-state index in [1.165, 1.54) is 12.8 Å². The quantitative estimate of drug-likeness (QED) is 0.431. The Morgan fingerprint density at radius 2 is 1.38 bits per heavy atom. The van der Waals surface area contributed by atoms with Crippen molar-refractivity contribution in [3.63, 3.8) is 0 Å². The monoisotopic (exact) mass is 458 g/mol. The number of rotatable bonds is 7. The molecule has 188 valence electrons. The molecule has 3 rings (SSSR count). The third-order valence-electron chi connectivity index (χ3n) is 9.35. The van der Waals surface area contributed by atoms with Gasteiger partial charge in [0.15, 0.2) is 0 Å². The lowest BCUT2D eigenvalue weighted by Gasteiger charge is -2.47. The van der Waals surface area contributed by atoms with Crippen LogP contribution in [-0.2, 0) is 0 Å². The van der Waals surface area contributed by atoms with E-state index in [0.717, 1.165) is 44.6 Å². The van der Waals surface area contributed by atoms with Crippen molar-refractivity contribution >= 4 is 0 Å². The number of halogens is 3. The van der Waals surface area contributed by atoms with Gasteiger partial charge in [0, 0.05) is 6.04 Å². The second-order valence-electron chi connectivity index (χ2n) is 13.8. The van der Waals surface area contributed by atoms with Crippen LogP contribution in [0.5, 0.6) is 0 Å². The number of hydrogen-bond donors (Lipinski definition) is 1. The summed E-state index contributed by atoms with van der Waals surface area (Å²) in [5.41, 5.74) is 0.207. The van der Waals surface area contributed by atoms with E-state index in [2.05, 4.69) is 53.8 Å². The minimum Gasteiger partial charge on any atom is -0.314 e. The van der Waals surface area contributed by atoms with E-state index in [0.29, 0.717) is 36.4 Å². The molecule has 3 fully saturated rings. The Morgan fingerprint density at radius 1 is 0.781 bits per heavy atom. The predicted octanol–water partition coefficient (Wildman–Crippen LogP) is 7.29. The molecule has 5 heteroatoms. The normalized spacial score (nSPS) is 28.7. The average molecular weight is 459 g/mol. The highest BCUT2D eigenvalue weighted by atomic mass is 19.4. The van der Waals surface area contributed by atoms with Gasteiger partial charge in [-0.3, -0.25) is 4.90 Å². The SMILES string of the molecule is CC(C)(C)C1CCN(C(CC(C)(C)C2CCNC(CC(C)(C)C3CC3)C2)C(F)(F)F)CC1. The molecule has 0 amide bonds. The summed E-state index contributed by atoms with van der Waals surface area (Å²) in [6, 6.07) is -0.870. The summed E-state index contributed by atoms with van der Waals surface area (Å²) in [5.74, 6) is 1.70. The van der Waals surface area contributed by atoms with Gasteiger partial charge in [-0.05, 0) is 105 Å². The molecule has 32 heavy (non-hydrogen) atoms. The van der Waals surface area contributed by atoms with E-state index < -0.39 is 12.2 Å². The zero-order valence-corrected chi connectivity index (χ0v) is 21.7. The second kappa shape index (κ2) is 9.40. The van der Waals surface area contributed by atoms with Crippen LogP contribution in [0.15, 0.2) is 0 Å². The minimum atomic E-state index is -4.16. The summed E-state index contributed by atoms with van der Waals surface area (Å²) >= 11 is 0. The molecule has 2 heterocycles. The molecule has 0 radical (unpaired) electrons. The number of hydrogen-bond acceptors (Lipinski definition) is 2. The lowest BCUT2D eigenvalue weighted by molar-refractivity contribution is -0.198. The number of alkyl halides is 3. The van der Waals surface area contributed by atoms with Gasteiger partial charge >= 0.3 is 6.18 Å². The van der Waals surface area contributed by atoms with E-state index >= 15 is 0 Å². The Kier molecular flexibility index (Phi) is 7.73. The predicted molar refractivity (Wildman–Crippen MR) is 128 cm³/mol. The van der Waals surface area contributed by atoms with Gasteiger partial charge in [0.2, 0.25) is 0 Å². The maximum absolute atomic E-state index is 14.3. The first-order valence-corrected chi connectivity index (χ1v) is 13.1. The van der Waals surface area contributed by atoms with Crippen molar-refractivity contribution in [2.45, 2.75) is 118 Å². The van der Waals surface area contributed by atoms with Gasteiger partial charge in [-0.2, -0.15) is 13.2 Å². The van der Waals surface area contributed by atoms with Crippen LogP contribution in [0.25, 0.3) is 0 Å². The first-order chi connectivity index (χ1) is 14.6. The Balaban J connectivity index is 1.63. The lowest BCUT2D eigenvalue weighted by atomic mass is 9.67. The molecule has 2 aliphatic heterocycles. The molecule has 2 nitrogen and oxygen atoms in total. The van der Waals surface area contributed by atoms with Crippen LogP contribution in [0.3, 0.4) is 0 Å². The summed E-state index contributed by atoms with van der Waals surface area (Å²) in [4.78, 5) is 1.76. The van der Waals surface area contributed by atoms with Gasteiger partial charge in [-0.15, -0.1) is 0 Å². The zero-order chi connectivity index (χ0) is 23.9. The van der Waals surface area contributed by atoms with Crippen molar-refractivity contribution in [2.24, 2.45) is 34.0 Å². The fourth-order valence-electron chi connectivity index (χ4n) is 6.73. The molecule has 0 aromatic rings. The molecule has 0 aromatic heterocycles. The molecule has 0 bridgehead atoms. The highest BCUT2D eigenvalue weighted by Gasteiger charge is 2.49. The Morgan fingerprint density at radius 3 is 1.88 bits per heavy atom. The van der Waals surface area contributed by atoms with E-state index in [4.69, 9.17) is 0 Å². The highest BCUT2D eigenvalue weighted by Crippen LogP contribution is 2.50. The van der Waals surface area contributed by atoms with E-state index in [9.17, 15) is 13.2 Å². The van der Waals surface area contributed by atoms with Gasteiger partial charge < -0.3 is 5.32 Å². The number of nitrogens with one attached hydrogen (secondary N) is 1. The average Bonchev–Trinajstić information content (AvgIpc) is 3.51. The van der Waals surface area contributed by atoms with Crippen molar-refractivity contribution in [1.29, 1.82) is 0 Å². The largest absolute Gasteiger partial charge is 0.404 e. The molecular weight excluding hydrogens is 409 g/mol. The van der Waals surface area contributed by atoms with Gasteiger partial charge in [-0.1, -0.05) is 48.5 Å². The van der Waals surface area contributed by atoms with Crippen LogP contribution in [0.1, 0.15) is 99.8 Å². The van der Waals surface area contributed by atoms with E-state index in [1.54, 1.807) is 4.90 Å². The molecule has 3 unspecified atom stereocenters. The van der Waals surface area contributed by atoms with Crippen LogP contribution in [0.4, 0.5) is 13.2 Å². The van der Waals surface area contributed by atoms with Crippen molar-refractivity contribution < 1.29 is 13.2 Å². The van der Waals surface area contributed by atoms with Crippen LogP contribution >= 0.6 is 0 Å². The van der Waals surface area contributed by atoms with Crippen molar-refractivity contribution in [3.05, 3.63) is 0 Å². The van der Waals surface area contributed by atoms with Crippen LogP contribution < -0.4 is 5.32 Å². The summed E-state index contributed by atoms with van der Waals surface area (Å²) < 4.78 is 42.8. The Hall–Kier alpha value is -0.290. The van der Waals surface area contributed by atoms with Gasteiger partial charge in [0.05, 0.1) is 0 Å². The number of nitrogens with zero attached hydrogens (tertiary/aromatic N) is 1. The molecule has 1 aliphatic carbocycles. The highest BCUT2D eigenvalue weighted by molar-refractivity contribution is 4.96. The molecule has 0 aromatic carbocycles. The summed E-state index contributed by atoms with van der Waals surface area (Å²) in [6.07, 6.45) is 3.65. The smallest absolute Gasteiger partial charge is 0.314 e. The van der Waals surface area contributed by atoms with Crippen LogP contribution in [0.2, 0.25) is 0 Å². The van der Waals surface area contributed by atoms with Gasteiger partial charge in [0.1, 0.15) is 6.04 Å². The topological polar surface area (TPSA) is 15.3 Å². The van der Waals surface area contributed by atoms with Crippen molar-refractivity contribution in [3.8, 4) is 0 Å². The van der Waals surface area contributed by atoms with Crippen molar-refractivity contribution in [1.82, 2.24) is 10.2 Å². The van der Waals surface area contributed by atoms with Crippen molar-refractivity contribution in [2.75, 3.05) is 19.6 Å². The third kappa shape index (κ3) is 6.64. The Bertz CT molecular complexity index is 607. The Labute approximate surface area is 195 Å². The first kappa shape index (κ1) is 26.3. The summed E-state index contributed by atoms with van der Waals surface area (Å²) in [5, 5.41) is 3.69. The fraction of sp³-hybridized carbons (Fsp3) is 1.00. The zero-order valence-electron chi connectivity index (χ0n) is 21.7. The maximum atomic E-state index is 14.3. The molecule has 3 aliphatic rings. The van der Waals surface area contributed by atoms with E-state index in [1.807, 2.05) is 0 Å². The molecular formula is C27H49F3N2. The summed E-state index contributed by atoms with van der Waals surface area (Å²) in [7, 11) is 0.